The number of carboxylic acids is 1. The first-order chi connectivity index (χ1) is 22.4. The Bertz CT molecular complexity index is 1190. The molecule has 0 fully saturated rings. The van der Waals surface area contributed by atoms with Gasteiger partial charge in [-0.1, -0.05) is 65.5 Å². The van der Waals surface area contributed by atoms with E-state index in [2.05, 4.69) is 21.3 Å². The lowest BCUT2D eigenvalue weighted by atomic mass is 9.99. The van der Waals surface area contributed by atoms with Gasteiger partial charge >= 0.3 is 5.97 Å². The molecule has 0 radical (unpaired) electrons. The Hall–Kier alpha value is -3.13. The molecule has 0 heterocycles. The average Bonchev–Trinajstić information content (AvgIpc) is 3.00. The summed E-state index contributed by atoms with van der Waals surface area (Å²) >= 11 is 11.4. The van der Waals surface area contributed by atoms with Crippen molar-refractivity contribution in [1.29, 1.82) is 0 Å². The first-order valence-electron chi connectivity index (χ1n) is 16.4. The minimum Gasteiger partial charge on any atom is -0.508 e. The monoisotopic (exact) mass is 717 g/mol. The number of carbonyl (C=O) groups is 5. The summed E-state index contributed by atoms with van der Waals surface area (Å²) in [5.74, 6) is -4.64. The van der Waals surface area contributed by atoms with E-state index < -0.39 is 76.7 Å². The predicted molar refractivity (Wildman–Crippen MR) is 184 cm³/mol. The van der Waals surface area contributed by atoms with Crippen molar-refractivity contribution in [2.24, 2.45) is 17.6 Å². The quantitative estimate of drug-likeness (QED) is 0.0651. The molecule has 1 rings (SSSR count). The largest absolute Gasteiger partial charge is 0.508 e. The number of unbranched alkanes of at least 4 members (excludes halogenated alkanes) is 3. The van der Waals surface area contributed by atoms with Crippen molar-refractivity contribution in [1.82, 2.24) is 21.3 Å². The van der Waals surface area contributed by atoms with E-state index in [-0.39, 0.29) is 24.5 Å². The fourth-order valence-electron chi connectivity index (χ4n) is 4.87. The molecule has 1 aromatic rings. The topological polar surface area (TPSA) is 220 Å². The summed E-state index contributed by atoms with van der Waals surface area (Å²) in [5.41, 5.74) is 6.58. The maximum atomic E-state index is 13.4. The first-order valence-corrected chi connectivity index (χ1v) is 17.2. The number of carbonyl (C=O) groups excluding carboxylic acids is 4. The number of benzene rings is 1. The van der Waals surface area contributed by atoms with E-state index in [1.807, 2.05) is 13.8 Å². The molecule has 0 aliphatic heterocycles. The number of amides is 4. The highest BCUT2D eigenvalue weighted by Gasteiger charge is 2.33. The van der Waals surface area contributed by atoms with Crippen LogP contribution < -0.4 is 27.0 Å². The molecule has 48 heavy (non-hydrogen) atoms. The number of carboxylic acid groups (broad SMARTS) is 1. The molecular weight excluding hydrogens is 665 g/mol. The minimum atomic E-state index is -1.54. The lowest BCUT2D eigenvalue weighted by Crippen LogP contribution is -2.59. The van der Waals surface area contributed by atoms with Gasteiger partial charge in [-0.05, 0) is 55.7 Å². The molecule has 0 aromatic heterocycles. The molecule has 0 bridgehead atoms. The number of hydrogen-bond acceptors (Lipinski definition) is 8. The van der Waals surface area contributed by atoms with Gasteiger partial charge in [-0.3, -0.25) is 19.2 Å². The van der Waals surface area contributed by atoms with Gasteiger partial charge < -0.3 is 42.3 Å². The third kappa shape index (κ3) is 16.3. The summed E-state index contributed by atoms with van der Waals surface area (Å²) in [5, 5.41) is 39.8. The van der Waals surface area contributed by atoms with Crippen LogP contribution in [-0.2, 0) is 30.4 Å². The molecule has 6 unspecified atom stereocenters. The summed E-state index contributed by atoms with van der Waals surface area (Å²) < 4.78 is 0. The smallest absolute Gasteiger partial charge is 0.326 e. The van der Waals surface area contributed by atoms with Crippen LogP contribution in [0.15, 0.2) is 24.3 Å². The number of rotatable bonds is 22. The molecule has 272 valence electrons. The van der Waals surface area contributed by atoms with Crippen LogP contribution in [0.4, 0.5) is 0 Å². The highest BCUT2D eigenvalue weighted by Crippen LogP contribution is 2.15. The summed E-state index contributed by atoms with van der Waals surface area (Å²) in [6.45, 7) is 8.45. The van der Waals surface area contributed by atoms with Crippen molar-refractivity contribution < 1.29 is 39.3 Å². The summed E-state index contributed by atoms with van der Waals surface area (Å²) in [4.78, 5) is 63.9. The molecule has 9 N–H and O–H groups in total. The van der Waals surface area contributed by atoms with E-state index in [1.54, 1.807) is 26.0 Å². The lowest BCUT2D eigenvalue weighted by Gasteiger charge is -2.28. The van der Waals surface area contributed by atoms with Crippen molar-refractivity contribution in [2.75, 3.05) is 0 Å². The molecule has 0 spiro atoms. The van der Waals surface area contributed by atoms with E-state index in [1.165, 1.54) is 19.1 Å². The van der Waals surface area contributed by atoms with Crippen LogP contribution in [-0.4, -0.2) is 86.1 Å². The van der Waals surface area contributed by atoms with Crippen LogP contribution in [0.25, 0.3) is 0 Å². The molecular formula is C33H53Cl2N5O8. The molecule has 1 aromatic carbocycles. The number of nitrogens with one attached hydrogen (secondary N) is 4. The van der Waals surface area contributed by atoms with Crippen LogP contribution >= 0.6 is 23.2 Å². The molecule has 15 heteroatoms. The maximum Gasteiger partial charge on any atom is 0.326 e. The third-order valence-electron chi connectivity index (χ3n) is 7.71. The maximum absolute atomic E-state index is 13.4. The van der Waals surface area contributed by atoms with Gasteiger partial charge in [0.1, 0.15) is 40.9 Å². The van der Waals surface area contributed by atoms with Gasteiger partial charge in [0.2, 0.25) is 17.7 Å². The lowest BCUT2D eigenvalue weighted by molar-refractivity contribution is -0.142. The molecule has 0 saturated carbocycles. The SMILES string of the molecule is CC(C)CC(NC(=O)C(NC(=O)C(C)NC(=O)C(O)C(N)CCCCCCC(Cl)Cl)C(C)C)C(=O)NC(Cc1ccc(O)cc1)C(=O)O. The number of aliphatic hydroxyl groups excluding tert-OH is 1. The Balaban J connectivity index is 2.82. The number of hydrogen-bond donors (Lipinski definition) is 8. The zero-order chi connectivity index (χ0) is 36.6. The van der Waals surface area contributed by atoms with Crippen LogP contribution in [0, 0.1) is 11.8 Å². The highest BCUT2D eigenvalue weighted by atomic mass is 35.5. The van der Waals surface area contributed by atoms with Gasteiger partial charge in [0.25, 0.3) is 5.91 Å². The van der Waals surface area contributed by atoms with Crippen LogP contribution in [0.2, 0.25) is 0 Å². The molecule has 0 aliphatic rings. The van der Waals surface area contributed by atoms with Gasteiger partial charge in [0.05, 0.1) is 0 Å². The molecule has 6 atom stereocenters. The zero-order valence-electron chi connectivity index (χ0n) is 28.4. The second-order valence-corrected chi connectivity index (χ2v) is 14.2. The number of aliphatic carboxylic acids is 1. The van der Waals surface area contributed by atoms with Gasteiger partial charge in [-0.15, -0.1) is 23.2 Å². The van der Waals surface area contributed by atoms with Crippen LogP contribution in [0.1, 0.15) is 85.1 Å². The standard InChI is InChI=1S/C33H53Cl2N5O8/c1-18(2)16-24(30(44)39-25(33(47)48)17-21-12-14-22(41)15-13-21)38-31(45)27(19(3)4)40-29(43)20(5)37-32(46)28(42)23(36)10-8-6-7-9-11-26(34)35/h12-15,18-20,23-28,41-42H,6-11,16-17,36H2,1-5H3,(H,37,46)(H,38,45)(H,39,44)(H,40,43)(H,47,48). The Labute approximate surface area is 293 Å². The first kappa shape index (κ1) is 42.9. The van der Waals surface area contributed by atoms with Gasteiger partial charge in [-0.25, -0.2) is 4.79 Å². The van der Waals surface area contributed by atoms with Gasteiger partial charge in [-0.2, -0.15) is 0 Å². The average molecular weight is 719 g/mol. The van der Waals surface area contributed by atoms with Crippen molar-refractivity contribution in [2.45, 2.75) is 127 Å². The second kappa shape index (κ2) is 21.8. The molecule has 0 aliphatic carbocycles. The van der Waals surface area contributed by atoms with Crippen molar-refractivity contribution in [3.8, 4) is 5.75 Å². The predicted octanol–water partition coefficient (Wildman–Crippen LogP) is 2.51. The number of aromatic hydroxyl groups is 1. The number of aliphatic hydroxyl groups is 1. The second-order valence-electron chi connectivity index (χ2n) is 12.9. The molecule has 4 amide bonds. The number of halogens is 2. The van der Waals surface area contributed by atoms with E-state index in [0.29, 0.717) is 24.8 Å². The van der Waals surface area contributed by atoms with Gasteiger partial charge in [0.15, 0.2) is 0 Å². The Morgan fingerprint density at radius 2 is 1.31 bits per heavy atom. The number of phenols is 1. The van der Waals surface area contributed by atoms with Crippen molar-refractivity contribution in [3.63, 3.8) is 0 Å². The van der Waals surface area contributed by atoms with E-state index in [9.17, 15) is 39.3 Å². The normalized spacial score (nSPS) is 15.2. The fourth-order valence-corrected chi connectivity index (χ4v) is 5.18. The zero-order valence-corrected chi connectivity index (χ0v) is 29.9. The van der Waals surface area contributed by atoms with Gasteiger partial charge in [0, 0.05) is 12.5 Å². The van der Waals surface area contributed by atoms with Crippen molar-refractivity contribution in [3.05, 3.63) is 29.8 Å². The van der Waals surface area contributed by atoms with Crippen molar-refractivity contribution >= 4 is 52.8 Å². The number of alkyl halides is 2. The molecule has 0 saturated heterocycles. The minimum absolute atomic E-state index is 0.0158. The summed E-state index contributed by atoms with van der Waals surface area (Å²) in [7, 11) is 0. The Kier molecular flexibility index (Phi) is 19.4. The third-order valence-corrected chi connectivity index (χ3v) is 8.15. The molecule has 13 nitrogen and oxygen atoms in total. The number of nitrogens with two attached hydrogens (primary N) is 1. The Morgan fingerprint density at radius 3 is 1.83 bits per heavy atom. The summed E-state index contributed by atoms with van der Waals surface area (Å²) in [6, 6.07) is 0.427. The Morgan fingerprint density at radius 1 is 0.750 bits per heavy atom. The van der Waals surface area contributed by atoms with Crippen LogP contribution in [0.5, 0.6) is 5.75 Å². The van der Waals surface area contributed by atoms with E-state index >= 15 is 0 Å². The van der Waals surface area contributed by atoms with Crippen LogP contribution in [0.3, 0.4) is 0 Å². The van der Waals surface area contributed by atoms with E-state index in [0.717, 1.165) is 19.3 Å². The number of phenolic OH excluding ortho intramolecular Hbond substituents is 1. The van der Waals surface area contributed by atoms with E-state index in [4.69, 9.17) is 28.9 Å². The fraction of sp³-hybridized carbons (Fsp3) is 0.667. The summed E-state index contributed by atoms with van der Waals surface area (Å²) in [6.07, 6.45) is 2.94. The highest BCUT2D eigenvalue weighted by molar-refractivity contribution is 6.44.